The van der Waals surface area contributed by atoms with Gasteiger partial charge in [-0.2, -0.15) is 0 Å². The second-order valence-corrected chi connectivity index (χ2v) is 4.31. The molecule has 0 saturated heterocycles. The molecule has 0 saturated carbocycles. The van der Waals surface area contributed by atoms with Crippen LogP contribution in [0.1, 0.15) is 31.2 Å². The van der Waals surface area contributed by atoms with Crippen LogP contribution in [0.25, 0.3) is 0 Å². The molecule has 0 aliphatic heterocycles. The van der Waals surface area contributed by atoms with Gasteiger partial charge in [0.25, 0.3) is 0 Å². The van der Waals surface area contributed by atoms with E-state index >= 15 is 0 Å². The van der Waals surface area contributed by atoms with Gasteiger partial charge in [0, 0.05) is 6.42 Å². The molecular formula is C13H14O3. The molecule has 2 N–H and O–H groups in total. The van der Waals surface area contributed by atoms with Crippen molar-refractivity contribution in [3.05, 3.63) is 35.4 Å². The Kier molecular flexibility index (Phi) is 2.69. The number of phenolic OH excluding ortho intramolecular Hbond substituents is 2. The predicted octanol–water partition coefficient (Wildman–Crippen LogP) is 2.49. The average Bonchev–Trinajstić information content (AvgIpc) is 2.20. The van der Waals surface area contributed by atoms with Gasteiger partial charge in [0.05, 0.1) is 0 Å². The molecule has 0 bridgehead atoms. The minimum atomic E-state index is -0.128. The maximum Gasteiger partial charge on any atom is 0.157 e. The molecule has 16 heavy (non-hydrogen) atoms. The lowest BCUT2D eigenvalue weighted by Crippen LogP contribution is -2.11. The number of hydrogen-bond acceptors (Lipinski definition) is 3. The van der Waals surface area contributed by atoms with Crippen molar-refractivity contribution in [2.45, 2.75) is 25.7 Å². The molecular weight excluding hydrogens is 204 g/mol. The number of hydrogen-bond donors (Lipinski definition) is 2. The van der Waals surface area contributed by atoms with Gasteiger partial charge in [0.1, 0.15) is 0 Å². The molecule has 0 aromatic heterocycles. The summed E-state index contributed by atoms with van der Waals surface area (Å²) in [4.78, 5) is 11.4. The van der Waals surface area contributed by atoms with Crippen LogP contribution in [0.4, 0.5) is 0 Å². The third-order valence-corrected chi connectivity index (χ3v) is 2.89. The molecule has 1 aliphatic rings. The minimum absolute atomic E-state index is 0.115. The zero-order chi connectivity index (χ0) is 11.7. The van der Waals surface area contributed by atoms with Crippen LogP contribution < -0.4 is 0 Å². The van der Waals surface area contributed by atoms with Crippen molar-refractivity contribution in [2.24, 2.45) is 0 Å². The van der Waals surface area contributed by atoms with E-state index in [0.29, 0.717) is 6.42 Å². The Balaban J connectivity index is 2.28. The van der Waals surface area contributed by atoms with E-state index in [9.17, 15) is 15.0 Å². The first kappa shape index (κ1) is 10.7. The van der Waals surface area contributed by atoms with E-state index in [1.54, 1.807) is 12.1 Å². The van der Waals surface area contributed by atoms with Crippen LogP contribution in [0.3, 0.4) is 0 Å². The Morgan fingerprint density at radius 1 is 1.19 bits per heavy atom. The summed E-state index contributed by atoms with van der Waals surface area (Å²) in [6.07, 6.45) is 2.98. The number of carbonyl (C=O) groups excluding carboxylic acids is 1. The highest BCUT2D eigenvalue weighted by Crippen LogP contribution is 2.35. The fraction of sp³-hybridized carbons (Fsp3) is 0.308. The molecule has 0 amide bonds. The van der Waals surface area contributed by atoms with Gasteiger partial charge in [-0.3, -0.25) is 4.79 Å². The molecule has 2 rings (SSSR count). The highest BCUT2D eigenvalue weighted by Gasteiger charge is 2.20. The number of ketones is 1. The molecule has 3 nitrogen and oxygen atoms in total. The molecule has 1 aromatic rings. The maximum absolute atomic E-state index is 11.4. The summed E-state index contributed by atoms with van der Waals surface area (Å²) >= 11 is 0. The van der Waals surface area contributed by atoms with Gasteiger partial charge in [-0.15, -0.1) is 0 Å². The second kappa shape index (κ2) is 4.00. The SMILES string of the molecule is CC1=CC(=O)CC(c2ccc(O)c(O)c2)C1. The predicted molar refractivity (Wildman–Crippen MR) is 60.5 cm³/mol. The number of benzene rings is 1. The molecule has 1 atom stereocenters. The summed E-state index contributed by atoms with van der Waals surface area (Å²) in [6.45, 7) is 1.93. The van der Waals surface area contributed by atoms with Gasteiger partial charge >= 0.3 is 0 Å². The molecule has 84 valence electrons. The van der Waals surface area contributed by atoms with E-state index in [4.69, 9.17) is 0 Å². The first-order valence-electron chi connectivity index (χ1n) is 5.28. The largest absolute Gasteiger partial charge is 0.504 e. The van der Waals surface area contributed by atoms with Crippen LogP contribution in [0.15, 0.2) is 29.8 Å². The number of allylic oxidation sites excluding steroid dienone is 2. The summed E-state index contributed by atoms with van der Waals surface area (Å²) in [7, 11) is 0. The van der Waals surface area contributed by atoms with Crippen LogP contribution >= 0.6 is 0 Å². The van der Waals surface area contributed by atoms with Crippen molar-refractivity contribution in [3.8, 4) is 11.5 Å². The second-order valence-electron chi connectivity index (χ2n) is 4.31. The highest BCUT2D eigenvalue weighted by atomic mass is 16.3. The van der Waals surface area contributed by atoms with E-state index in [1.807, 2.05) is 6.92 Å². The quantitative estimate of drug-likeness (QED) is 0.712. The van der Waals surface area contributed by atoms with Gasteiger partial charge < -0.3 is 10.2 Å². The summed E-state index contributed by atoms with van der Waals surface area (Å²) in [5.41, 5.74) is 1.96. The third-order valence-electron chi connectivity index (χ3n) is 2.89. The maximum atomic E-state index is 11.4. The first-order chi connectivity index (χ1) is 7.56. The van der Waals surface area contributed by atoms with Crippen molar-refractivity contribution in [2.75, 3.05) is 0 Å². The van der Waals surface area contributed by atoms with Gasteiger partial charge in [0.15, 0.2) is 17.3 Å². The van der Waals surface area contributed by atoms with E-state index in [1.165, 1.54) is 12.1 Å². The standard InChI is InChI=1S/C13H14O3/c1-8-4-10(6-11(14)5-8)9-2-3-12(15)13(16)7-9/h2-3,5,7,10,15-16H,4,6H2,1H3. The Morgan fingerprint density at radius 2 is 1.94 bits per heavy atom. The summed E-state index contributed by atoms with van der Waals surface area (Å²) in [6, 6.07) is 4.75. The number of aromatic hydroxyl groups is 2. The molecule has 0 heterocycles. The number of rotatable bonds is 1. The minimum Gasteiger partial charge on any atom is -0.504 e. The summed E-state index contributed by atoms with van der Waals surface area (Å²) in [5.74, 6) is -0.0133. The molecule has 0 spiro atoms. The third kappa shape index (κ3) is 2.08. The fourth-order valence-electron chi connectivity index (χ4n) is 2.13. The smallest absolute Gasteiger partial charge is 0.157 e. The number of carbonyl (C=O) groups is 1. The van der Waals surface area contributed by atoms with E-state index < -0.39 is 0 Å². The van der Waals surface area contributed by atoms with Crippen LogP contribution in [-0.4, -0.2) is 16.0 Å². The lowest BCUT2D eigenvalue weighted by molar-refractivity contribution is -0.115. The molecule has 0 radical (unpaired) electrons. The Morgan fingerprint density at radius 3 is 2.56 bits per heavy atom. The van der Waals surface area contributed by atoms with Crippen LogP contribution in [0.5, 0.6) is 11.5 Å². The van der Waals surface area contributed by atoms with Crippen molar-refractivity contribution >= 4 is 5.78 Å². The Labute approximate surface area is 94.0 Å². The monoisotopic (exact) mass is 218 g/mol. The molecule has 1 aromatic carbocycles. The topological polar surface area (TPSA) is 57.5 Å². The first-order valence-corrected chi connectivity index (χ1v) is 5.28. The molecule has 1 aliphatic carbocycles. The zero-order valence-electron chi connectivity index (χ0n) is 9.10. The molecule has 1 unspecified atom stereocenters. The Hall–Kier alpha value is -1.77. The average molecular weight is 218 g/mol. The molecule has 0 fully saturated rings. The van der Waals surface area contributed by atoms with Crippen molar-refractivity contribution < 1.29 is 15.0 Å². The van der Waals surface area contributed by atoms with Crippen LogP contribution in [0.2, 0.25) is 0 Å². The van der Waals surface area contributed by atoms with Gasteiger partial charge in [0.2, 0.25) is 0 Å². The summed E-state index contributed by atoms with van der Waals surface area (Å²) in [5, 5.41) is 18.6. The highest BCUT2D eigenvalue weighted by molar-refractivity contribution is 5.92. The lowest BCUT2D eigenvalue weighted by atomic mass is 9.83. The normalized spacial score (nSPS) is 20.7. The lowest BCUT2D eigenvalue weighted by Gasteiger charge is -2.20. The van der Waals surface area contributed by atoms with Crippen LogP contribution in [0, 0.1) is 0 Å². The Bertz CT molecular complexity index is 460. The fourth-order valence-corrected chi connectivity index (χ4v) is 2.13. The summed E-state index contributed by atoms with van der Waals surface area (Å²) < 4.78 is 0. The van der Waals surface area contributed by atoms with Crippen molar-refractivity contribution in [1.82, 2.24) is 0 Å². The van der Waals surface area contributed by atoms with E-state index in [0.717, 1.165) is 17.6 Å². The zero-order valence-corrected chi connectivity index (χ0v) is 9.10. The van der Waals surface area contributed by atoms with Crippen LogP contribution in [-0.2, 0) is 4.79 Å². The van der Waals surface area contributed by atoms with Gasteiger partial charge in [-0.25, -0.2) is 0 Å². The van der Waals surface area contributed by atoms with E-state index in [2.05, 4.69) is 0 Å². The number of phenols is 2. The van der Waals surface area contributed by atoms with Crippen molar-refractivity contribution in [3.63, 3.8) is 0 Å². The van der Waals surface area contributed by atoms with Gasteiger partial charge in [-0.05, 0) is 43.0 Å². The van der Waals surface area contributed by atoms with E-state index in [-0.39, 0.29) is 23.2 Å². The molecule has 3 heteroatoms. The van der Waals surface area contributed by atoms with Gasteiger partial charge in [-0.1, -0.05) is 11.6 Å². The van der Waals surface area contributed by atoms with Crippen molar-refractivity contribution in [1.29, 1.82) is 0 Å².